The van der Waals surface area contributed by atoms with E-state index < -0.39 is 4.92 Å². The van der Waals surface area contributed by atoms with E-state index in [1.54, 1.807) is 24.1 Å². The van der Waals surface area contributed by atoms with Gasteiger partial charge in [-0.15, -0.1) is 0 Å². The number of non-ortho nitro benzene ring substituents is 1. The number of aromatic nitrogens is 3. The van der Waals surface area contributed by atoms with Gasteiger partial charge in [-0.05, 0) is 0 Å². The van der Waals surface area contributed by atoms with Crippen molar-refractivity contribution in [3.05, 3.63) is 40.5 Å². The van der Waals surface area contributed by atoms with Crippen LogP contribution in [0.4, 0.5) is 11.4 Å². The fraction of sp³-hybridized carbons (Fsp3) is 0.273. The highest BCUT2D eigenvalue weighted by molar-refractivity contribution is 5.56. The van der Waals surface area contributed by atoms with Crippen molar-refractivity contribution in [2.75, 3.05) is 12.4 Å². The van der Waals surface area contributed by atoms with Gasteiger partial charge in [0.1, 0.15) is 12.1 Å². The molecule has 19 heavy (non-hydrogen) atoms. The van der Waals surface area contributed by atoms with Crippen molar-refractivity contribution in [3.63, 3.8) is 0 Å². The zero-order chi connectivity index (χ0) is 13.8. The number of aryl methyl sites for hydroxylation is 1. The molecular weight excluding hydrogens is 250 g/mol. The maximum atomic E-state index is 10.8. The van der Waals surface area contributed by atoms with Crippen LogP contribution in [0.5, 0.6) is 5.75 Å². The number of hydrogen-bond donors (Lipinski definition) is 1. The van der Waals surface area contributed by atoms with E-state index in [2.05, 4.69) is 15.4 Å². The first kappa shape index (κ1) is 12.8. The molecule has 0 radical (unpaired) electrons. The van der Waals surface area contributed by atoms with Crippen molar-refractivity contribution in [3.8, 4) is 5.75 Å². The first-order valence-electron chi connectivity index (χ1n) is 5.50. The van der Waals surface area contributed by atoms with Gasteiger partial charge in [-0.3, -0.25) is 14.8 Å². The molecule has 0 unspecified atom stereocenters. The Morgan fingerprint density at radius 3 is 2.84 bits per heavy atom. The van der Waals surface area contributed by atoms with Gasteiger partial charge in [0.2, 0.25) is 0 Å². The zero-order valence-electron chi connectivity index (χ0n) is 10.5. The number of benzene rings is 1. The summed E-state index contributed by atoms with van der Waals surface area (Å²) in [7, 11) is 3.23. The number of anilines is 1. The van der Waals surface area contributed by atoms with Crippen molar-refractivity contribution in [1.82, 2.24) is 14.8 Å². The summed E-state index contributed by atoms with van der Waals surface area (Å²) in [6.45, 7) is 0.380. The predicted molar refractivity (Wildman–Crippen MR) is 68.0 cm³/mol. The molecule has 8 nitrogen and oxygen atoms in total. The molecule has 0 fully saturated rings. The topological polar surface area (TPSA) is 95.1 Å². The van der Waals surface area contributed by atoms with Crippen LogP contribution in [0.1, 0.15) is 5.82 Å². The van der Waals surface area contributed by atoms with Crippen LogP contribution in [0, 0.1) is 10.1 Å². The molecule has 1 N–H and O–H groups in total. The summed E-state index contributed by atoms with van der Waals surface area (Å²) in [5, 5.41) is 17.9. The third-order valence-electron chi connectivity index (χ3n) is 2.44. The highest BCUT2D eigenvalue weighted by atomic mass is 16.6. The molecule has 100 valence electrons. The van der Waals surface area contributed by atoms with Crippen LogP contribution in [0.25, 0.3) is 0 Å². The van der Waals surface area contributed by atoms with Crippen molar-refractivity contribution >= 4 is 11.4 Å². The molecular formula is C11H13N5O3. The lowest BCUT2D eigenvalue weighted by Gasteiger charge is -2.06. The quantitative estimate of drug-likeness (QED) is 0.646. The smallest absolute Gasteiger partial charge is 0.275 e. The lowest BCUT2D eigenvalue weighted by molar-refractivity contribution is -0.384. The summed E-state index contributed by atoms with van der Waals surface area (Å²) >= 11 is 0. The number of rotatable bonds is 5. The maximum absolute atomic E-state index is 10.8. The number of methoxy groups -OCH3 is 1. The summed E-state index contributed by atoms with van der Waals surface area (Å²) in [6.07, 6.45) is 1.59. The third kappa shape index (κ3) is 3.18. The van der Waals surface area contributed by atoms with Gasteiger partial charge in [-0.25, -0.2) is 4.98 Å². The van der Waals surface area contributed by atoms with Crippen molar-refractivity contribution < 1.29 is 9.66 Å². The Morgan fingerprint density at radius 2 is 2.26 bits per heavy atom. The molecule has 1 heterocycles. The monoisotopic (exact) mass is 263 g/mol. The summed E-state index contributed by atoms with van der Waals surface area (Å²) < 4.78 is 6.61. The number of nitrogens with one attached hydrogen (secondary N) is 1. The minimum Gasteiger partial charge on any atom is -0.496 e. The summed E-state index contributed by atoms with van der Waals surface area (Å²) in [5.41, 5.74) is 0.550. The Kier molecular flexibility index (Phi) is 3.60. The molecule has 0 atom stereocenters. The fourth-order valence-corrected chi connectivity index (χ4v) is 1.55. The second-order valence-electron chi connectivity index (χ2n) is 3.86. The van der Waals surface area contributed by atoms with E-state index in [0.717, 1.165) is 0 Å². The minimum absolute atomic E-state index is 0.0316. The summed E-state index contributed by atoms with van der Waals surface area (Å²) in [6, 6.07) is 4.48. The molecule has 0 bridgehead atoms. The SMILES string of the molecule is COc1cc(NCc2ncn(C)n2)cc([N+](=O)[O-])c1. The first-order chi connectivity index (χ1) is 9.08. The van der Waals surface area contributed by atoms with E-state index in [9.17, 15) is 10.1 Å². The molecule has 0 saturated carbocycles. The molecule has 0 amide bonds. The van der Waals surface area contributed by atoms with Gasteiger partial charge in [0.25, 0.3) is 5.69 Å². The second kappa shape index (κ2) is 5.34. The fourth-order valence-electron chi connectivity index (χ4n) is 1.55. The first-order valence-corrected chi connectivity index (χ1v) is 5.50. The molecule has 0 aliphatic rings. The average Bonchev–Trinajstić information content (AvgIpc) is 2.81. The van der Waals surface area contributed by atoms with E-state index in [0.29, 0.717) is 23.8 Å². The van der Waals surface area contributed by atoms with E-state index in [4.69, 9.17) is 4.74 Å². The highest BCUT2D eigenvalue weighted by Gasteiger charge is 2.10. The Hall–Kier alpha value is -2.64. The number of nitro benzene ring substituents is 1. The minimum atomic E-state index is -0.466. The summed E-state index contributed by atoms with van der Waals surface area (Å²) in [4.78, 5) is 14.4. The molecule has 0 saturated heterocycles. The third-order valence-corrected chi connectivity index (χ3v) is 2.44. The molecule has 2 rings (SSSR count). The number of hydrogen-bond acceptors (Lipinski definition) is 6. The van der Waals surface area contributed by atoms with E-state index in [1.165, 1.54) is 19.2 Å². The lowest BCUT2D eigenvalue weighted by atomic mass is 10.2. The van der Waals surface area contributed by atoms with Crippen LogP contribution in [0.3, 0.4) is 0 Å². The van der Waals surface area contributed by atoms with Crippen LogP contribution in [-0.4, -0.2) is 26.8 Å². The lowest BCUT2D eigenvalue weighted by Crippen LogP contribution is -2.03. The van der Waals surface area contributed by atoms with Crippen LogP contribution in [0.15, 0.2) is 24.5 Å². The number of ether oxygens (including phenoxy) is 1. The number of nitro groups is 1. The van der Waals surface area contributed by atoms with Gasteiger partial charge in [0.05, 0.1) is 24.6 Å². The highest BCUT2D eigenvalue weighted by Crippen LogP contribution is 2.25. The van der Waals surface area contributed by atoms with Crippen LogP contribution in [-0.2, 0) is 13.6 Å². The van der Waals surface area contributed by atoms with Crippen LogP contribution >= 0.6 is 0 Å². The van der Waals surface area contributed by atoms with Gasteiger partial charge in [-0.1, -0.05) is 0 Å². The molecule has 1 aromatic heterocycles. The molecule has 2 aromatic rings. The predicted octanol–water partition coefficient (Wildman–Crippen LogP) is 1.34. The largest absolute Gasteiger partial charge is 0.496 e. The molecule has 0 aliphatic heterocycles. The molecule has 1 aromatic carbocycles. The molecule has 0 spiro atoms. The van der Waals surface area contributed by atoms with Gasteiger partial charge in [-0.2, -0.15) is 5.10 Å². The standard InChI is InChI=1S/C11H13N5O3/c1-15-7-13-11(14-15)6-12-8-3-9(16(17)18)5-10(4-8)19-2/h3-5,7,12H,6H2,1-2H3. The van der Waals surface area contributed by atoms with Gasteiger partial charge in [0, 0.05) is 24.9 Å². The normalized spacial score (nSPS) is 10.2. The Balaban J connectivity index is 2.15. The Morgan fingerprint density at radius 1 is 1.47 bits per heavy atom. The van der Waals surface area contributed by atoms with Crippen LogP contribution in [0.2, 0.25) is 0 Å². The average molecular weight is 263 g/mol. The van der Waals surface area contributed by atoms with E-state index >= 15 is 0 Å². The van der Waals surface area contributed by atoms with Crippen molar-refractivity contribution in [2.45, 2.75) is 6.54 Å². The van der Waals surface area contributed by atoms with E-state index in [1.807, 2.05) is 0 Å². The number of nitrogens with zero attached hydrogens (tertiary/aromatic N) is 4. The molecule has 0 aliphatic carbocycles. The van der Waals surface area contributed by atoms with Gasteiger partial charge >= 0.3 is 0 Å². The van der Waals surface area contributed by atoms with Gasteiger partial charge < -0.3 is 10.1 Å². The second-order valence-corrected chi connectivity index (χ2v) is 3.86. The summed E-state index contributed by atoms with van der Waals surface area (Å²) in [5.74, 6) is 1.03. The van der Waals surface area contributed by atoms with Crippen molar-refractivity contribution in [1.29, 1.82) is 0 Å². The zero-order valence-corrected chi connectivity index (χ0v) is 10.5. The Labute approximate surface area is 109 Å². The maximum Gasteiger partial charge on any atom is 0.275 e. The van der Waals surface area contributed by atoms with E-state index in [-0.39, 0.29) is 5.69 Å². The van der Waals surface area contributed by atoms with Gasteiger partial charge in [0.15, 0.2) is 5.82 Å². The molecule has 8 heteroatoms. The van der Waals surface area contributed by atoms with Crippen LogP contribution < -0.4 is 10.1 Å². The van der Waals surface area contributed by atoms with Crippen molar-refractivity contribution in [2.24, 2.45) is 7.05 Å². The Bertz CT molecular complexity index is 596.